The molecule has 0 saturated carbocycles. The first kappa shape index (κ1) is 19.2. The number of fused-ring (bicyclic) bond motifs is 3. The standard InChI is InChI=1S/C21H21ClN2O3S/c1-12(2)10-23-19-17(15-9-21(3,4)27-11-16(15)28-19)18(25)24(20(23)26)14-7-5-6-13(22)8-14/h5-8H,1,9-11H2,2-4H3. The number of benzene rings is 1. The number of nitrogens with zero attached hydrogens (tertiary/aromatic N) is 2. The first-order valence-corrected chi connectivity index (χ1v) is 10.2. The number of halogens is 1. The van der Waals surface area contributed by atoms with Crippen LogP contribution in [-0.2, 0) is 24.3 Å². The number of hydrogen-bond donors (Lipinski definition) is 0. The quantitative estimate of drug-likeness (QED) is 0.598. The molecule has 5 nitrogen and oxygen atoms in total. The maximum Gasteiger partial charge on any atom is 0.337 e. The van der Waals surface area contributed by atoms with Gasteiger partial charge in [0.25, 0.3) is 5.56 Å². The van der Waals surface area contributed by atoms with Gasteiger partial charge in [0, 0.05) is 22.9 Å². The fraction of sp³-hybridized carbons (Fsp3) is 0.333. The van der Waals surface area contributed by atoms with Gasteiger partial charge >= 0.3 is 5.69 Å². The summed E-state index contributed by atoms with van der Waals surface area (Å²) in [5, 5.41) is 1.06. The monoisotopic (exact) mass is 416 g/mol. The van der Waals surface area contributed by atoms with Gasteiger partial charge in [-0.1, -0.05) is 29.8 Å². The molecule has 0 saturated heterocycles. The van der Waals surface area contributed by atoms with Gasteiger partial charge in [0.05, 0.1) is 23.3 Å². The average Bonchev–Trinajstić information content (AvgIpc) is 2.96. The van der Waals surface area contributed by atoms with Crippen LogP contribution in [-0.4, -0.2) is 14.7 Å². The Morgan fingerprint density at radius 2 is 2.11 bits per heavy atom. The van der Waals surface area contributed by atoms with Crippen molar-refractivity contribution in [3.05, 3.63) is 72.7 Å². The van der Waals surface area contributed by atoms with E-state index in [0.29, 0.717) is 40.5 Å². The predicted molar refractivity (Wildman–Crippen MR) is 114 cm³/mol. The number of rotatable bonds is 3. The van der Waals surface area contributed by atoms with E-state index >= 15 is 0 Å². The van der Waals surface area contributed by atoms with E-state index in [0.717, 1.165) is 16.0 Å². The Labute approximate surface area is 171 Å². The van der Waals surface area contributed by atoms with Gasteiger partial charge in [0.2, 0.25) is 0 Å². The second-order valence-electron chi connectivity index (χ2n) is 7.86. The predicted octanol–water partition coefficient (Wildman–Crippen LogP) is 4.29. The summed E-state index contributed by atoms with van der Waals surface area (Å²) in [6.07, 6.45) is 0.623. The van der Waals surface area contributed by atoms with Crippen LogP contribution in [0.2, 0.25) is 5.02 Å². The van der Waals surface area contributed by atoms with Crippen molar-refractivity contribution in [1.29, 1.82) is 0 Å². The molecule has 0 bridgehead atoms. The molecule has 4 rings (SSSR count). The summed E-state index contributed by atoms with van der Waals surface area (Å²) in [4.78, 5) is 28.5. The zero-order valence-corrected chi connectivity index (χ0v) is 17.6. The van der Waals surface area contributed by atoms with Gasteiger partial charge in [-0.25, -0.2) is 9.36 Å². The van der Waals surface area contributed by atoms with Crippen molar-refractivity contribution >= 4 is 33.2 Å². The Kier molecular flexibility index (Phi) is 4.61. The Bertz CT molecular complexity index is 1230. The number of thiophene rings is 1. The minimum atomic E-state index is -0.387. The minimum absolute atomic E-state index is 0.310. The molecule has 0 spiro atoms. The summed E-state index contributed by atoms with van der Waals surface area (Å²) < 4.78 is 8.77. The zero-order chi connectivity index (χ0) is 20.2. The molecule has 1 aliphatic rings. The summed E-state index contributed by atoms with van der Waals surface area (Å²) in [6.45, 7) is 10.6. The van der Waals surface area contributed by atoms with E-state index < -0.39 is 0 Å². The third kappa shape index (κ3) is 3.15. The molecule has 3 heterocycles. The maximum absolute atomic E-state index is 13.5. The highest BCUT2D eigenvalue weighted by Crippen LogP contribution is 2.37. The summed E-state index contributed by atoms with van der Waals surface area (Å²) in [5.74, 6) is 0. The zero-order valence-electron chi connectivity index (χ0n) is 16.0. The molecule has 2 aromatic heterocycles. The van der Waals surface area contributed by atoms with Crippen LogP contribution in [0.25, 0.3) is 15.9 Å². The lowest BCUT2D eigenvalue weighted by atomic mass is 9.94. The number of hydrogen-bond acceptors (Lipinski definition) is 4. The van der Waals surface area contributed by atoms with Gasteiger partial charge in [0.15, 0.2) is 0 Å². The number of allylic oxidation sites excluding steroid dienone is 1. The van der Waals surface area contributed by atoms with Crippen molar-refractivity contribution < 1.29 is 4.74 Å². The van der Waals surface area contributed by atoms with Gasteiger partial charge in [-0.15, -0.1) is 11.3 Å². The SMILES string of the molecule is C=C(C)Cn1c(=O)n(-c2cccc(Cl)c2)c(=O)c2c3c(sc21)COC(C)(C)C3. The molecule has 0 radical (unpaired) electrons. The average molecular weight is 417 g/mol. The van der Waals surface area contributed by atoms with Crippen LogP contribution in [0.4, 0.5) is 0 Å². The molecule has 0 atom stereocenters. The second-order valence-corrected chi connectivity index (χ2v) is 9.38. The smallest absolute Gasteiger partial charge is 0.337 e. The van der Waals surface area contributed by atoms with E-state index in [2.05, 4.69) is 6.58 Å². The Morgan fingerprint density at radius 1 is 1.36 bits per heavy atom. The molecule has 3 aromatic rings. The molecule has 0 aliphatic carbocycles. The molecule has 0 fully saturated rings. The lowest BCUT2D eigenvalue weighted by molar-refractivity contribution is -0.0379. The molecule has 28 heavy (non-hydrogen) atoms. The molecular formula is C21H21ClN2O3S. The van der Waals surface area contributed by atoms with Crippen LogP contribution < -0.4 is 11.2 Å². The highest BCUT2D eigenvalue weighted by Gasteiger charge is 2.32. The Hall–Kier alpha value is -2.15. The molecule has 1 aliphatic heterocycles. The van der Waals surface area contributed by atoms with E-state index in [-0.39, 0.29) is 16.9 Å². The largest absolute Gasteiger partial charge is 0.370 e. The summed E-state index contributed by atoms with van der Waals surface area (Å²) in [7, 11) is 0. The highest BCUT2D eigenvalue weighted by atomic mass is 35.5. The number of ether oxygens (including phenoxy) is 1. The molecule has 0 unspecified atom stereocenters. The van der Waals surface area contributed by atoms with Crippen LogP contribution in [0.1, 0.15) is 31.2 Å². The Balaban J connectivity index is 2.13. The van der Waals surface area contributed by atoms with E-state index in [1.54, 1.807) is 28.8 Å². The minimum Gasteiger partial charge on any atom is -0.370 e. The van der Waals surface area contributed by atoms with E-state index in [1.165, 1.54) is 15.9 Å². The first-order chi connectivity index (χ1) is 13.2. The van der Waals surface area contributed by atoms with Crippen LogP contribution in [0.5, 0.6) is 0 Å². The third-order valence-corrected chi connectivity index (χ3v) is 6.31. The normalized spacial score (nSPS) is 15.6. The van der Waals surface area contributed by atoms with Gasteiger partial charge < -0.3 is 4.74 Å². The first-order valence-electron chi connectivity index (χ1n) is 9.02. The van der Waals surface area contributed by atoms with E-state index in [4.69, 9.17) is 16.3 Å². The topological polar surface area (TPSA) is 53.2 Å². The van der Waals surface area contributed by atoms with Crippen molar-refractivity contribution in [3.63, 3.8) is 0 Å². The van der Waals surface area contributed by atoms with Crippen molar-refractivity contribution in [3.8, 4) is 5.69 Å². The molecule has 0 N–H and O–H groups in total. The summed E-state index contributed by atoms with van der Waals surface area (Å²) >= 11 is 7.58. The lowest BCUT2D eigenvalue weighted by Gasteiger charge is -2.29. The van der Waals surface area contributed by atoms with Crippen molar-refractivity contribution in [2.45, 2.75) is 45.9 Å². The molecule has 7 heteroatoms. The van der Waals surface area contributed by atoms with E-state index in [1.807, 2.05) is 20.8 Å². The highest BCUT2D eigenvalue weighted by molar-refractivity contribution is 7.18. The third-order valence-electron chi connectivity index (χ3n) is 4.85. The second kappa shape index (κ2) is 6.72. The maximum atomic E-state index is 13.5. The molecule has 146 valence electrons. The van der Waals surface area contributed by atoms with Gasteiger partial charge in [-0.2, -0.15) is 0 Å². The fourth-order valence-corrected chi connectivity index (χ4v) is 5.01. The van der Waals surface area contributed by atoms with Crippen molar-refractivity contribution in [1.82, 2.24) is 9.13 Å². The van der Waals surface area contributed by atoms with Crippen LogP contribution in [0.15, 0.2) is 46.0 Å². The van der Waals surface area contributed by atoms with Crippen molar-refractivity contribution in [2.75, 3.05) is 0 Å². The lowest BCUT2D eigenvalue weighted by Crippen LogP contribution is -2.39. The van der Waals surface area contributed by atoms with E-state index in [9.17, 15) is 9.59 Å². The van der Waals surface area contributed by atoms with Crippen molar-refractivity contribution in [2.24, 2.45) is 0 Å². The Morgan fingerprint density at radius 3 is 2.79 bits per heavy atom. The van der Waals surface area contributed by atoms with Crippen LogP contribution in [0, 0.1) is 0 Å². The molecule has 1 aromatic carbocycles. The molecular weight excluding hydrogens is 396 g/mol. The van der Waals surface area contributed by atoms with Gasteiger partial charge in [-0.05, 0) is 44.5 Å². The van der Waals surface area contributed by atoms with Gasteiger partial charge in [-0.3, -0.25) is 9.36 Å². The summed E-state index contributed by atoms with van der Waals surface area (Å²) in [6, 6.07) is 6.80. The summed E-state index contributed by atoms with van der Waals surface area (Å²) in [5.41, 5.74) is 1.22. The van der Waals surface area contributed by atoms with Crippen LogP contribution in [0.3, 0.4) is 0 Å². The fourth-order valence-electron chi connectivity index (χ4n) is 3.61. The van der Waals surface area contributed by atoms with Gasteiger partial charge in [0.1, 0.15) is 4.83 Å². The molecule has 0 amide bonds. The van der Waals surface area contributed by atoms with Crippen LogP contribution >= 0.6 is 22.9 Å². The number of aromatic nitrogens is 2.